The fraction of sp³-hybridized carbons (Fsp3) is 0.667. The van der Waals surface area contributed by atoms with E-state index in [9.17, 15) is 26.9 Å². The average Bonchev–Trinajstić information content (AvgIpc) is 3.05. The third kappa shape index (κ3) is 5.35. The van der Waals surface area contributed by atoms with Crippen LogP contribution in [0.1, 0.15) is 18.4 Å². The summed E-state index contributed by atoms with van der Waals surface area (Å²) in [5.74, 6) is -0.279. The predicted octanol–water partition coefficient (Wildman–Crippen LogP) is 0.803. The second-order valence-electron chi connectivity index (χ2n) is 7.69. The lowest BCUT2D eigenvalue weighted by Crippen LogP contribution is -2.43. The number of nitro benzene ring substituents is 1. The topological polar surface area (TPSA) is 127 Å². The maximum Gasteiger partial charge on any atom is 0.273 e. The highest BCUT2D eigenvalue weighted by molar-refractivity contribution is 7.92. The average molecular weight is 462 g/mol. The van der Waals surface area contributed by atoms with Gasteiger partial charge in [0.05, 0.1) is 34.5 Å². The fourth-order valence-corrected chi connectivity index (χ4v) is 7.40. The highest BCUT2D eigenvalue weighted by Crippen LogP contribution is 2.28. The third-order valence-corrected chi connectivity index (χ3v) is 9.25. The molecule has 12 heteroatoms. The molecule has 1 unspecified atom stereocenters. The molecule has 0 aliphatic carbocycles. The smallest absolute Gasteiger partial charge is 0.273 e. The lowest BCUT2D eigenvalue weighted by atomic mass is 10.2. The summed E-state index contributed by atoms with van der Waals surface area (Å²) in [5.41, 5.74) is 0.0876. The van der Waals surface area contributed by atoms with Crippen LogP contribution in [-0.2, 0) is 24.6 Å². The Labute approximate surface area is 176 Å². The van der Waals surface area contributed by atoms with E-state index in [1.807, 2.05) is 0 Å². The summed E-state index contributed by atoms with van der Waals surface area (Å²) in [5, 5.41) is 11.3. The summed E-state index contributed by atoms with van der Waals surface area (Å²) in [6, 6.07) is 3.15. The molecular formula is C18H27N3O7S2. The van der Waals surface area contributed by atoms with Crippen molar-refractivity contribution in [3.63, 3.8) is 0 Å². The summed E-state index contributed by atoms with van der Waals surface area (Å²) < 4.78 is 57.3. The van der Waals surface area contributed by atoms with Crippen LogP contribution >= 0.6 is 0 Å². The molecule has 0 bridgehead atoms. The summed E-state index contributed by atoms with van der Waals surface area (Å²) >= 11 is 0. The molecule has 1 atom stereocenters. The first kappa shape index (κ1) is 23.1. The van der Waals surface area contributed by atoms with Crippen molar-refractivity contribution in [2.45, 2.75) is 30.7 Å². The maximum absolute atomic E-state index is 13.4. The van der Waals surface area contributed by atoms with Crippen molar-refractivity contribution in [2.24, 2.45) is 0 Å². The first-order valence-electron chi connectivity index (χ1n) is 9.87. The van der Waals surface area contributed by atoms with Gasteiger partial charge in [0.1, 0.15) is 0 Å². The van der Waals surface area contributed by atoms with Gasteiger partial charge in [0, 0.05) is 37.3 Å². The largest absolute Gasteiger partial charge is 0.379 e. The summed E-state index contributed by atoms with van der Waals surface area (Å²) in [6.45, 7) is 5.18. The Morgan fingerprint density at radius 2 is 2.00 bits per heavy atom. The van der Waals surface area contributed by atoms with E-state index in [-0.39, 0.29) is 35.1 Å². The molecule has 0 radical (unpaired) electrons. The quantitative estimate of drug-likeness (QED) is 0.411. The van der Waals surface area contributed by atoms with Crippen LogP contribution in [0.2, 0.25) is 0 Å². The molecule has 0 amide bonds. The van der Waals surface area contributed by atoms with Crippen LogP contribution in [0.3, 0.4) is 0 Å². The van der Waals surface area contributed by atoms with Crippen molar-refractivity contribution in [1.29, 1.82) is 0 Å². The molecule has 30 heavy (non-hydrogen) atoms. The molecule has 1 aromatic rings. The molecule has 1 aromatic carbocycles. The molecule has 0 saturated carbocycles. The Kier molecular flexibility index (Phi) is 7.13. The van der Waals surface area contributed by atoms with Crippen LogP contribution in [0.4, 0.5) is 5.69 Å². The minimum atomic E-state index is -4.09. The predicted molar refractivity (Wildman–Crippen MR) is 111 cm³/mol. The van der Waals surface area contributed by atoms with Gasteiger partial charge in [-0.05, 0) is 32.4 Å². The number of rotatable bonds is 8. The number of sulfone groups is 1. The molecule has 2 aliphatic heterocycles. The SMILES string of the molecule is Cc1ccc(S(=O)(=O)N(CCCN2CCOCC2)C2CCS(=O)(=O)C2)cc1[N+](=O)[O-]. The lowest BCUT2D eigenvalue weighted by Gasteiger charge is -2.30. The number of nitro groups is 1. The van der Waals surface area contributed by atoms with Gasteiger partial charge in [-0.25, -0.2) is 16.8 Å². The van der Waals surface area contributed by atoms with E-state index in [1.54, 1.807) is 0 Å². The van der Waals surface area contributed by atoms with Gasteiger partial charge < -0.3 is 4.74 Å². The van der Waals surface area contributed by atoms with Crippen LogP contribution in [-0.4, -0.2) is 87.9 Å². The van der Waals surface area contributed by atoms with Gasteiger partial charge in [-0.15, -0.1) is 0 Å². The van der Waals surface area contributed by atoms with E-state index >= 15 is 0 Å². The van der Waals surface area contributed by atoms with Gasteiger partial charge in [0.15, 0.2) is 9.84 Å². The molecule has 2 fully saturated rings. The zero-order chi connectivity index (χ0) is 21.9. The van der Waals surface area contributed by atoms with Crippen LogP contribution in [0.15, 0.2) is 23.1 Å². The molecule has 168 valence electrons. The second-order valence-corrected chi connectivity index (χ2v) is 11.8. The molecule has 2 saturated heterocycles. The van der Waals surface area contributed by atoms with Crippen molar-refractivity contribution >= 4 is 25.5 Å². The molecule has 0 N–H and O–H groups in total. The standard InChI is InChI=1S/C18H27N3O7S2/c1-15-3-4-17(13-18(15)21(22)23)30(26,27)20(16-5-12-29(24,25)14-16)7-2-6-19-8-10-28-11-9-19/h3-4,13,16H,2,5-12,14H2,1H3. The number of nitrogens with zero attached hydrogens (tertiary/aromatic N) is 3. The number of sulfonamides is 1. The van der Waals surface area contributed by atoms with Crippen LogP contribution < -0.4 is 0 Å². The monoisotopic (exact) mass is 461 g/mol. The Morgan fingerprint density at radius 1 is 1.30 bits per heavy atom. The highest BCUT2D eigenvalue weighted by Gasteiger charge is 2.39. The van der Waals surface area contributed by atoms with E-state index < -0.39 is 30.8 Å². The summed E-state index contributed by atoms with van der Waals surface area (Å²) in [6.07, 6.45) is 0.761. The van der Waals surface area contributed by atoms with Gasteiger partial charge in [-0.2, -0.15) is 4.31 Å². The fourth-order valence-electron chi connectivity index (χ4n) is 3.86. The van der Waals surface area contributed by atoms with Crippen LogP contribution in [0.25, 0.3) is 0 Å². The minimum Gasteiger partial charge on any atom is -0.379 e. The van der Waals surface area contributed by atoms with Gasteiger partial charge in [0.25, 0.3) is 5.69 Å². The van der Waals surface area contributed by atoms with Crippen molar-refractivity contribution in [1.82, 2.24) is 9.21 Å². The number of morpholine rings is 1. The Hall–Kier alpha value is -1.60. The van der Waals surface area contributed by atoms with Crippen molar-refractivity contribution < 1.29 is 26.5 Å². The van der Waals surface area contributed by atoms with Crippen molar-refractivity contribution in [3.8, 4) is 0 Å². The Bertz CT molecular complexity index is 989. The van der Waals surface area contributed by atoms with E-state index in [1.165, 1.54) is 23.4 Å². The molecule has 2 aliphatic rings. The Morgan fingerprint density at radius 3 is 2.60 bits per heavy atom. The zero-order valence-corrected chi connectivity index (χ0v) is 18.5. The normalized spacial score (nSPS) is 22.4. The Balaban J connectivity index is 1.84. The zero-order valence-electron chi connectivity index (χ0n) is 16.9. The number of aryl methyl sites for hydroxylation is 1. The van der Waals surface area contributed by atoms with E-state index in [0.717, 1.165) is 19.2 Å². The molecule has 3 rings (SSSR count). The van der Waals surface area contributed by atoms with Crippen LogP contribution in [0, 0.1) is 17.0 Å². The van der Waals surface area contributed by atoms with Gasteiger partial charge in [-0.3, -0.25) is 15.0 Å². The number of hydrogen-bond donors (Lipinski definition) is 0. The van der Waals surface area contributed by atoms with E-state index in [2.05, 4.69) is 4.90 Å². The molecule has 10 nitrogen and oxygen atoms in total. The van der Waals surface area contributed by atoms with Gasteiger partial charge in [-0.1, -0.05) is 6.07 Å². The molecule has 0 spiro atoms. The first-order chi connectivity index (χ1) is 14.1. The number of ether oxygens (including phenoxy) is 1. The summed E-state index contributed by atoms with van der Waals surface area (Å²) in [4.78, 5) is 12.6. The molecule has 2 heterocycles. The van der Waals surface area contributed by atoms with E-state index in [0.29, 0.717) is 31.7 Å². The molecular weight excluding hydrogens is 434 g/mol. The van der Waals surface area contributed by atoms with Gasteiger partial charge in [0.2, 0.25) is 10.0 Å². The first-order valence-corrected chi connectivity index (χ1v) is 13.1. The van der Waals surface area contributed by atoms with Crippen molar-refractivity contribution in [2.75, 3.05) is 50.9 Å². The maximum atomic E-state index is 13.4. The van der Waals surface area contributed by atoms with Gasteiger partial charge >= 0.3 is 0 Å². The number of benzene rings is 1. The third-order valence-electron chi connectivity index (χ3n) is 5.56. The lowest BCUT2D eigenvalue weighted by molar-refractivity contribution is -0.385. The van der Waals surface area contributed by atoms with E-state index in [4.69, 9.17) is 4.74 Å². The van der Waals surface area contributed by atoms with Crippen LogP contribution in [0.5, 0.6) is 0 Å². The second kappa shape index (κ2) is 9.27. The highest BCUT2D eigenvalue weighted by atomic mass is 32.2. The summed E-state index contributed by atoms with van der Waals surface area (Å²) in [7, 11) is -7.39. The molecule has 0 aromatic heterocycles. The minimum absolute atomic E-state index is 0.0544. The van der Waals surface area contributed by atoms with Crippen molar-refractivity contribution in [3.05, 3.63) is 33.9 Å². The number of hydrogen-bond acceptors (Lipinski definition) is 8.